The van der Waals surface area contributed by atoms with Crippen molar-refractivity contribution in [1.82, 2.24) is 5.16 Å². The Labute approximate surface area is 123 Å². The highest BCUT2D eigenvalue weighted by atomic mass is 16.5. The van der Waals surface area contributed by atoms with Gasteiger partial charge in [-0.05, 0) is 17.7 Å². The van der Waals surface area contributed by atoms with E-state index in [2.05, 4.69) is 22.6 Å². The molecule has 0 aliphatic rings. The van der Waals surface area contributed by atoms with E-state index in [4.69, 9.17) is 9.63 Å². The van der Waals surface area contributed by atoms with E-state index in [0.717, 1.165) is 23.5 Å². The quantitative estimate of drug-likeness (QED) is 0.751. The van der Waals surface area contributed by atoms with Crippen molar-refractivity contribution in [3.63, 3.8) is 0 Å². The molecule has 2 aromatic carbocycles. The average molecular weight is 280 g/mol. The second-order valence-electron chi connectivity index (χ2n) is 4.75. The van der Waals surface area contributed by atoms with Crippen LogP contribution in [-0.4, -0.2) is 10.3 Å². The molecule has 0 saturated carbocycles. The van der Waals surface area contributed by atoms with Crippen molar-refractivity contribution in [2.75, 3.05) is 5.32 Å². The molecule has 0 bridgehead atoms. The summed E-state index contributed by atoms with van der Waals surface area (Å²) < 4.78 is 4.99. The molecule has 1 heterocycles. The van der Waals surface area contributed by atoms with Crippen molar-refractivity contribution in [2.24, 2.45) is 0 Å². The topological polar surface area (TPSA) is 58.3 Å². The van der Waals surface area contributed by atoms with Crippen molar-refractivity contribution in [3.8, 4) is 11.3 Å². The van der Waals surface area contributed by atoms with Gasteiger partial charge >= 0.3 is 0 Å². The van der Waals surface area contributed by atoms with Gasteiger partial charge < -0.3 is 14.9 Å². The molecule has 4 nitrogen and oxygen atoms in total. The molecule has 0 spiro atoms. The van der Waals surface area contributed by atoms with Gasteiger partial charge in [0, 0.05) is 23.9 Å². The summed E-state index contributed by atoms with van der Waals surface area (Å²) in [6.07, 6.45) is 0. The molecular formula is C17H16N2O2. The zero-order valence-corrected chi connectivity index (χ0v) is 11.5. The van der Waals surface area contributed by atoms with E-state index >= 15 is 0 Å². The third-order valence-corrected chi connectivity index (χ3v) is 3.23. The molecule has 2 N–H and O–H groups in total. The van der Waals surface area contributed by atoms with Crippen LogP contribution in [0.1, 0.15) is 11.3 Å². The summed E-state index contributed by atoms with van der Waals surface area (Å²) in [5.41, 5.74) is 3.98. The molecule has 0 aliphatic heterocycles. The number of benzene rings is 2. The fourth-order valence-electron chi connectivity index (χ4n) is 2.08. The lowest BCUT2D eigenvalue weighted by atomic mass is 10.1. The van der Waals surface area contributed by atoms with E-state index in [1.807, 2.05) is 42.5 Å². The minimum absolute atomic E-state index is 0.135. The third kappa shape index (κ3) is 3.30. The van der Waals surface area contributed by atoms with Crippen LogP contribution in [0.25, 0.3) is 11.3 Å². The Kier molecular flexibility index (Phi) is 3.98. The van der Waals surface area contributed by atoms with Gasteiger partial charge in [-0.25, -0.2) is 0 Å². The zero-order chi connectivity index (χ0) is 14.5. The summed E-state index contributed by atoms with van der Waals surface area (Å²) in [5, 5.41) is 16.3. The molecule has 4 heteroatoms. The first-order valence-electron chi connectivity index (χ1n) is 6.80. The van der Waals surface area contributed by atoms with Gasteiger partial charge in [0.1, 0.15) is 12.3 Å². The van der Waals surface area contributed by atoms with E-state index in [-0.39, 0.29) is 6.61 Å². The summed E-state index contributed by atoms with van der Waals surface area (Å²) in [7, 11) is 0. The Balaban J connectivity index is 1.66. The normalized spacial score (nSPS) is 10.5. The first-order valence-corrected chi connectivity index (χ1v) is 6.80. The average Bonchev–Trinajstić information content (AvgIpc) is 3.03. The van der Waals surface area contributed by atoms with Gasteiger partial charge in [-0.15, -0.1) is 0 Å². The van der Waals surface area contributed by atoms with Gasteiger partial charge in [0.05, 0.1) is 0 Å². The summed E-state index contributed by atoms with van der Waals surface area (Å²) in [5.74, 6) is 0.469. The minimum Gasteiger partial charge on any atom is -0.388 e. The van der Waals surface area contributed by atoms with Crippen molar-refractivity contribution >= 4 is 5.69 Å². The highest BCUT2D eigenvalue weighted by Crippen LogP contribution is 2.21. The van der Waals surface area contributed by atoms with Gasteiger partial charge in [0.15, 0.2) is 5.76 Å². The molecule has 3 rings (SSSR count). The van der Waals surface area contributed by atoms with E-state index in [9.17, 15) is 0 Å². The van der Waals surface area contributed by atoms with Crippen molar-refractivity contribution < 1.29 is 9.63 Å². The van der Waals surface area contributed by atoms with Crippen LogP contribution in [0.2, 0.25) is 0 Å². The molecular weight excluding hydrogens is 264 g/mol. The Hall–Kier alpha value is -2.59. The van der Waals surface area contributed by atoms with Gasteiger partial charge in [0.25, 0.3) is 0 Å². The Bertz CT molecular complexity index is 690. The minimum atomic E-state index is -0.135. The van der Waals surface area contributed by atoms with Crippen LogP contribution < -0.4 is 5.32 Å². The van der Waals surface area contributed by atoms with Crippen molar-refractivity contribution in [3.05, 3.63) is 72.0 Å². The van der Waals surface area contributed by atoms with E-state index < -0.39 is 0 Å². The lowest BCUT2D eigenvalue weighted by Crippen LogP contribution is -1.98. The number of aromatic nitrogens is 1. The number of aliphatic hydroxyl groups is 1. The lowest BCUT2D eigenvalue weighted by Gasteiger charge is -2.06. The van der Waals surface area contributed by atoms with Crippen LogP contribution >= 0.6 is 0 Å². The van der Waals surface area contributed by atoms with Gasteiger partial charge in [0.2, 0.25) is 0 Å². The molecule has 0 unspecified atom stereocenters. The van der Waals surface area contributed by atoms with Crippen LogP contribution in [0.3, 0.4) is 0 Å². The van der Waals surface area contributed by atoms with Crippen LogP contribution in [0.4, 0.5) is 5.69 Å². The second kappa shape index (κ2) is 6.24. The van der Waals surface area contributed by atoms with Crippen molar-refractivity contribution in [2.45, 2.75) is 13.2 Å². The first kappa shape index (κ1) is 13.4. The van der Waals surface area contributed by atoms with Crippen LogP contribution in [0, 0.1) is 0 Å². The Morgan fingerprint density at radius 2 is 1.76 bits per heavy atom. The first-order chi connectivity index (χ1) is 10.3. The molecule has 0 fully saturated rings. The molecule has 0 atom stereocenters. The summed E-state index contributed by atoms with van der Waals surface area (Å²) in [6.45, 7) is 0.655. The van der Waals surface area contributed by atoms with Crippen molar-refractivity contribution in [1.29, 1.82) is 0 Å². The fraction of sp³-hybridized carbons (Fsp3) is 0.118. The van der Waals surface area contributed by atoms with Gasteiger partial charge in [-0.1, -0.05) is 47.6 Å². The van der Waals surface area contributed by atoms with E-state index in [0.29, 0.717) is 5.76 Å². The lowest BCUT2D eigenvalue weighted by molar-refractivity contribution is 0.229. The largest absolute Gasteiger partial charge is 0.388 e. The number of hydrogen-bond donors (Lipinski definition) is 2. The highest BCUT2D eigenvalue weighted by molar-refractivity contribution is 5.62. The molecule has 21 heavy (non-hydrogen) atoms. The van der Waals surface area contributed by atoms with Crippen LogP contribution in [-0.2, 0) is 13.2 Å². The molecule has 106 valence electrons. The van der Waals surface area contributed by atoms with Crippen LogP contribution in [0.5, 0.6) is 0 Å². The highest BCUT2D eigenvalue weighted by Gasteiger charge is 2.05. The third-order valence-electron chi connectivity index (χ3n) is 3.23. The number of rotatable bonds is 5. The maximum atomic E-state index is 8.98. The van der Waals surface area contributed by atoms with E-state index in [1.165, 1.54) is 5.56 Å². The zero-order valence-electron chi connectivity index (χ0n) is 11.5. The Morgan fingerprint density at radius 1 is 1.00 bits per heavy atom. The molecule has 0 radical (unpaired) electrons. The van der Waals surface area contributed by atoms with Crippen LogP contribution in [0.15, 0.2) is 65.2 Å². The summed E-state index contributed by atoms with van der Waals surface area (Å²) >= 11 is 0. The van der Waals surface area contributed by atoms with E-state index in [1.54, 1.807) is 6.07 Å². The standard InChI is InChI=1S/C17H16N2O2/c20-12-16-10-17(19-21-16)14-6-8-15(9-7-14)18-11-13-4-2-1-3-5-13/h1-10,18,20H,11-12H2. The molecule has 3 aromatic rings. The van der Waals surface area contributed by atoms with Gasteiger partial charge in [-0.2, -0.15) is 0 Å². The predicted octanol–water partition coefficient (Wildman–Crippen LogP) is 3.45. The molecule has 0 amide bonds. The SMILES string of the molecule is OCc1cc(-c2ccc(NCc3ccccc3)cc2)no1. The number of anilines is 1. The smallest absolute Gasteiger partial charge is 0.162 e. The maximum Gasteiger partial charge on any atom is 0.162 e. The summed E-state index contributed by atoms with van der Waals surface area (Å²) in [6, 6.07) is 20.0. The predicted molar refractivity (Wildman–Crippen MR) is 81.6 cm³/mol. The monoisotopic (exact) mass is 280 g/mol. The van der Waals surface area contributed by atoms with Gasteiger partial charge in [-0.3, -0.25) is 0 Å². The molecule has 0 saturated heterocycles. The second-order valence-corrected chi connectivity index (χ2v) is 4.75. The summed E-state index contributed by atoms with van der Waals surface area (Å²) in [4.78, 5) is 0. The number of nitrogens with zero attached hydrogens (tertiary/aromatic N) is 1. The molecule has 1 aromatic heterocycles. The Morgan fingerprint density at radius 3 is 2.43 bits per heavy atom. The fourth-order valence-corrected chi connectivity index (χ4v) is 2.08. The molecule has 0 aliphatic carbocycles. The number of nitrogens with one attached hydrogen (secondary N) is 1. The maximum absolute atomic E-state index is 8.98. The number of aliphatic hydroxyl groups excluding tert-OH is 1. The number of hydrogen-bond acceptors (Lipinski definition) is 4.